The zero-order chi connectivity index (χ0) is 12.4. The number of rotatable bonds is 4. The number of aromatic nitrogens is 2. The first-order valence-electron chi connectivity index (χ1n) is 5.05. The number of carboxylic acid groups (broad SMARTS) is 1. The van der Waals surface area contributed by atoms with E-state index in [0.29, 0.717) is 22.6 Å². The zero-order valence-corrected chi connectivity index (χ0v) is 9.92. The topological polar surface area (TPSA) is 66.0 Å². The molecular formula is C11H11FN2O2S. The number of H-pyrrole nitrogens is 1. The van der Waals surface area contributed by atoms with Crippen LogP contribution in [0.15, 0.2) is 18.2 Å². The molecule has 17 heavy (non-hydrogen) atoms. The van der Waals surface area contributed by atoms with Crippen molar-refractivity contribution in [1.29, 1.82) is 0 Å². The Morgan fingerprint density at radius 3 is 3.12 bits per heavy atom. The fourth-order valence-electron chi connectivity index (χ4n) is 1.38. The molecule has 0 bridgehead atoms. The largest absolute Gasteiger partial charge is 0.480 e. The van der Waals surface area contributed by atoms with Crippen molar-refractivity contribution >= 4 is 28.8 Å². The molecule has 0 saturated carbocycles. The van der Waals surface area contributed by atoms with Gasteiger partial charge in [0.25, 0.3) is 0 Å². The van der Waals surface area contributed by atoms with Crippen LogP contribution in [0.25, 0.3) is 11.0 Å². The maximum atomic E-state index is 12.9. The molecule has 2 aromatic rings. The molecule has 1 aromatic heterocycles. The van der Waals surface area contributed by atoms with Crippen LogP contribution in [0.5, 0.6) is 0 Å². The molecule has 6 heteroatoms. The standard InChI is InChI=1S/C11H11FN2O2S/c1-6(11(15)16)17-5-10-13-8-3-2-7(12)4-9(8)14-10/h2-4,6H,5H2,1H3,(H,13,14)(H,15,16). The van der Waals surface area contributed by atoms with E-state index >= 15 is 0 Å². The van der Waals surface area contributed by atoms with Crippen molar-refractivity contribution in [3.63, 3.8) is 0 Å². The summed E-state index contributed by atoms with van der Waals surface area (Å²) < 4.78 is 12.9. The van der Waals surface area contributed by atoms with Crippen molar-refractivity contribution in [3.05, 3.63) is 29.8 Å². The number of hydrogen-bond donors (Lipinski definition) is 2. The SMILES string of the molecule is CC(SCc1nc2ccc(F)cc2[nH]1)C(=O)O. The molecule has 0 fully saturated rings. The van der Waals surface area contributed by atoms with Gasteiger partial charge in [-0.25, -0.2) is 9.37 Å². The van der Waals surface area contributed by atoms with E-state index in [4.69, 9.17) is 5.11 Å². The molecule has 1 heterocycles. The lowest BCUT2D eigenvalue weighted by Gasteiger charge is -2.02. The Balaban J connectivity index is 2.12. The minimum Gasteiger partial charge on any atom is -0.480 e. The molecule has 90 valence electrons. The van der Waals surface area contributed by atoms with Crippen LogP contribution >= 0.6 is 11.8 Å². The van der Waals surface area contributed by atoms with Crippen LogP contribution in [0, 0.1) is 5.82 Å². The van der Waals surface area contributed by atoms with Gasteiger partial charge in [0.1, 0.15) is 11.6 Å². The summed E-state index contributed by atoms with van der Waals surface area (Å²) in [6.45, 7) is 1.62. The maximum Gasteiger partial charge on any atom is 0.316 e. The first-order chi connectivity index (χ1) is 8.06. The minimum atomic E-state index is -0.850. The number of aromatic amines is 1. The van der Waals surface area contributed by atoms with Gasteiger partial charge >= 0.3 is 5.97 Å². The molecule has 1 unspecified atom stereocenters. The molecule has 0 radical (unpaired) electrons. The lowest BCUT2D eigenvalue weighted by molar-refractivity contribution is -0.136. The fraction of sp³-hybridized carbons (Fsp3) is 0.273. The van der Waals surface area contributed by atoms with Gasteiger partial charge in [-0.05, 0) is 25.1 Å². The maximum absolute atomic E-state index is 12.9. The van der Waals surface area contributed by atoms with Gasteiger partial charge in [0, 0.05) is 0 Å². The van der Waals surface area contributed by atoms with Crippen LogP contribution in [0.2, 0.25) is 0 Å². The third kappa shape index (κ3) is 2.76. The summed E-state index contributed by atoms with van der Waals surface area (Å²) in [5.41, 5.74) is 1.31. The molecule has 1 atom stereocenters. The summed E-state index contributed by atoms with van der Waals surface area (Å²) in [6, 6.07) is 4.31. The lowest BCUT2D eigenvalue weighted by atomic mass is 10.3. The van der Waals surface area contributed by atoms with Crippen molar-refractivity contribution in [3.8, 4) is 0 Å². The van der Waals surface area contributed by atoms with E-state index in [9.17, 15) is 9.18 Å². The van der Waals surface area contributed by atoms with Crippen LogP contribution in [-0.2, 0) is 10.5 Å². The van der Waals surface area contributed by atoms with E-state index in [1.54, 1.807) is 13.0 Å². The summed E-state index contributed by atoms with van der Waals surface area (Å²) in [5.74, 6) is -0.0517. The Hall–Kier alpha value is -1.56. The van der Waals surface area contributed by atoms with Gasteiger partial charge in [0.05, 0.1) is 22.0 Å². The van der Waals surface area contributed by atoms with Gasteiger partial charge in [0.15, 0.2) is 0 Å². The van der Waals surface area contributed by atoms with Crippen molar-refractivity contribution < 1.29 is 14.3 Å². The van der Waals surface area contributed by atoms with E-state index in [1.807, 2.05) is 0 Å². The number of nitrogens with zero attached hydrogens (tertiary/aromatic N) is 1. The van der Waals surface area contributed by atoms with Crippen LogP contribution in [0.1, 0.15) is 12.7 Å². The molecule has 1 aromatic carbocycles. The highest BCUT2D eigenvalue weighted by molar-refractivity contribution is 7.99. The Bertz CT molecular complexity index is 555. The number of benzene rings is 1. The Kier molecular flexibility index (Phi) is 3.33. The molecule has 0 aliphatic heterocycles. The van der Waals surface area contributed by atoms with E-state index in [-0.39, 0.29) is 5.82 Å². The normalized spacial score (nSPS) is 12.8. The van der Waals surface area contributed by atoms with Gasteiger partial charge in [-0.15, -0.1) is 11.8 Å². The molecular weight excluding hydrogens is 243 g/mol. The number of carboxylic acids is 1. The molecule has 0 saturated heterocycles. The monoisotopic (exact) mass is 254 g/mol. The lowest BCUT2D eigenvalue weighted by Crippen LogP contribution is -2.11. The molecule has 0 aliphatic carbocycles. The van der Waals surface area contributed by atoms with Crippen LogP contribution < -0.4 is 0 Å². The number of carbonyl (C=O) groups is 1. The van der Waals surface area contributed by atoms with Gasteiger partial charge in [-0.2, -0.15) is 0 Å². The molecule has 2 rings (SSSR count). The summed E-state index contributed by atoms with van der Waals surface area (Å²) in [7, 11) is 0. The Morgan fingerprint density at radius 1 is 1.65 bits per heavy atom. The molecule has 0 aliphatic rings. The summed E-state index contributed by atoms with van der Waals surface area (Å²) in [6.07, 6.45) is 0. The predicted octanol–water partition coefficient (Wildman–Crippen LogP) is 2.41. The number of fused-ring (bicyclic) bond motifs is 1. The van der Waals surface area contributed by atoms with E-state index in [1.165, 1.54) is 23.9 Å². The van der Waals surface area contributed by atoms with Crippen LogP contribution in [0.4, 0.5) is 4.39 Å². The molecule has 4 nitrogen and oxygen atoms in total. The number of halogens is 1. The van der Waals surface area contributed by atoms with Crippen molar-refractivity contribution in [2.45, 2.75) is 17.9 Å². The van der Waals surface area contributed by atoms with Crippen LogP contribution in [-0.4, -0.2) is 26.3 Å². The summed E-state index contributed by atoms with van der Waals surface area (Å²) >= 11 is 1.27. The van der Waals surface area contributed by atoms with E-state index in [2.05, 4.69) is 9.97 Å². The number of imidazole rings is 1. The zero-order valence-electron chi connectivity index (χ0n) is 9.11. The molecule has 0 spiro atoms. The number of thioether (sulfide) groups is 1. The minimum absolute atomic E-state index is 0.320. The van der Waals surface area contributed by atoms with Gasteiger partial charge < -0.3 is 10.1 Å². The van der Waals surface area contributed by atoms with Crippen LogP contribution in [0.3, 0.4) is 0 Å². The number of aliphatic carboxylic acids is 1. The van der Waals surface area contributed by atoms with Gasteiger partial charge in [-0.1, -0.05) is 0 Å². The number of hydrogen-bond acceptors (Lipinski definition) is 3. The van der Waals surface area contributed by atoms with E-state index in [0.717, 1.165) is 0 Å². The van der Waals surface area contributed by atoms with Crippen molar-refractivity contribution in [2.24, 2.45) is 0 Å². The quantitative estimate of drug-likeness (QED) is 0.879. The van der Waals surface area contributed by atoms with Gasteiger partial charge in [0.2, 0.25) is 0 Å². The van der Waals surface area contributed by atoms with Crippen molar-refractivity contribution in [2.75, 3.05) is 0 Å². The van der Waals surface area contributed by atoms with Gasteiger partial charge in [-0.3, -0.25) is 4.79 Å². The molecule has 2 N–H and O–H groups in total. The second-order valence-electron chi connectivity index (χ2n) is 3.64. The van der Waals surface area contributed by atoms with Crippen molar-refractivity contribution in [1.82, 2.24) is 9.97 Å². The second kappa shape index (κ2) is 4.75. The highest BCUT2D eigenvalue weighted by Crippen LogP contribution is 2.19. The Labute approximate surface area is 101 Å². The summed E-state index contributed by atoms with van der Waals surface area (Å²) in [4.78, 5) is 17.9. The average molecular weight is 254 g/mol. The van der Waals surface area contributed by atoms with E-state index < -0.39 is 11.2 Å². The highest BCUT2D eigenvalue weighted by atomic mass is 32.2. The fourth-order valence-corrected chi connectivity index (χ4v) is 2.07. The second-order valence-corrected chi connectivity index (χ2v) is 4.97. The third-order valence-electron chi connectivity index (χ3n) is 2.31. The summed E-state index contributed by atoms with van der Waals surface area (Å²) in [5, 5.41) is 8.25. The number of nitrogens with one attached hydrogen (secondary N) is 1. The average Bonchev–Trinajstić information content (AvgIpc) is 2.67. The third-order valence-corrected chi connectivity index (χ3v) is 3.45. The molecule has 0 amide bonds. The first-order valence-corrected chi connectivity index (χ1v) is 6.09. The Morgan fingerprint density at radius 2 is 2.41 bits per heavy atom. The predicted molar refractivity (Wildman–Crippen MR) is 64.4 cm³/mol. The smallest absolute Gasteiger partial charge is 0.316 e. The highest BCUT2D eigenvalue weighted by Gasteiger charge is 2.12. The first kappa shape index (κ1) is 11.9.